The van der Waals surface area contributed by atoms with Crippen LogP contribution in [0.4, 0.5) is 13.2 Å². The van der Waals surface area contributed by atoms with Crippen molar-refractivity contribution < 1.29 is 22.7 Å². The second-order valence-electron chi connectivity index (χ2n) is 10.8. The van der Waals surface area contributed by atoms with Gasteiger partial charge in [-0.25, -0.2) is 18.0 Å². The van der Waals surface area contributed by atoms with Gasteiger partial charge in [0.2, 0.25) is 0 Å². The standard InChI is InChI=1S/C32H40F3NO2/c1-2-3-4-5-6-7-8-9-10-23-11-13-24(14-12-23)15-16-25-17-18-27(29(33)19-25)32(37)38-26-20-30(34)28(22-36)31(35)21-26/h17-21,23-24H,2-16H2,1H3. The quantitative estimate of drug-likeness (QED) is 0.140. The zero-order chi connectivity index (χ0) is 27.3. The van der Waals surface area contributed by atoms with Crippen molar-refractivity contribution in [3.63, 3.8) is 0 Å². The lowest BCUT2D eigenvalue weighted by molar-refractivity contribution is 0.0729. The largest absolute Gasteiger partial charge is 0.423 e. The maximum Gasteiger partial charge on any atom is 0.346 e. The summed E-state index contributed by atoms with van der Waals surface area (Å²) in [5, 5.41) is 8.74. The SMILES string of the molecule is CCCCCCCCCCC1CCC(CCc2ccc(C(=O)Oc3cc(F)c(C#N)c(F)c3)c(F)c2)CC1. The van der Waals surface area contributed by atoms with Gasteiger partial charge in [-0.3, -0.25) is 0 Å². The highest BCUT2D eigenvalue weighted by Gasteiger charge is 2.22. The minimum absolute atomic E-state index is 0.305. The highest BCUT2D eigenvalue weighted by atomic mass is 19.1. The first-order chi connectivity index (χ1) is 18.4. The van der Waals surface area contributed by atoms with E-state index in [2.05, 4.69) is 6.92 Å². The fraction of sp³-hybridized carbons (Fsp3) is 0.562. The lowest BCUT2D eigenvalue weighted by atomic mass is 9.77. The van der Waals surface area contributed by atoms with Crippen LogP contribution in [0.25, 0.3) is 0 Å². The van der Waals surface area contributed by atoms with E-state index in [4.69, 9.17) is 10.00 Å². The van der Waals surface area contributed by atoms with Crippen molar-refractivity contribution in [2.75, 3.05) is 0 Å². The maximum absolute atomic E-state index is 14.7. The molecule has 0 spiro atoms. The molecule has 1 aliphatic carbocycles. The van der Waals surface area contributed by atoms with E-state index in [0.29, 0.717) is 5.92 Å². The van der Waals surface area contributed by atoms with Crippen molar-refractivity contribution in [2.24, 2.45) is 11.8 Å². The first-order valence-corrected chi connectivity index (χ1v) is 14.3. The number of halogens is 3. The summed E-state index contributed by atoms with van der Waals surface area (Å²) in [6.07, 6.45) is 19.0. The number of nitriles is 1. The molecule has 1 aliphatic rings. The number of rotatable bonds is 14. The number of esters is 1. The number of benzene rings is 2. The van der Waals surface area contributed by atoms with Crippen LogP contribution >= 0.6 is 0 Å². The molecule has 0 unspecified atom stereocenters. The molecule has 1 saturated carbocycles. The second-order valence-corrected chi connectivity index (χ2v) is 10.8. The number of carbonyl (C=O) groups excluding carboxylic acids is 1. The first-order valence-electron chi connectivity index (χ1n) is 14.3. The molecule has 0 radical (unpaired) electrons. The van der Waals surface area contributed by atoms with E-state index in [1.165, 1.54) is 102 Å². The van der Waals surface area contributed by atoms with Crippen molar-refractivity contribution in [2.45, 2.75) is 103 Å². The third kappa shape index (κ3) is 9.19. The number of unbranched alkanes of at least 4 members (excludes halogenated alkanes) is 7. The van der Waals surface area contributed by atoms with Crippen LogP contribution in [0.3, 0.4) is 0 Å². The van der Waals surface area contributed by atoms with Gasteiger partial charge in [0.05, 0.1) is 5.56 Å². The Balaban J connectivity index is 1.37. The molecule has 0 bridgehead atoms. The van der Waals surface area contributed by atoms with Crippen molar-refractivity contribution >= 4 is 5.97 Å². The second kappa shape index (κ2) is 15.6. The van der Waals surface area contributed by atoms with E-state index in [1.54, 1.807) is 6.07 Å². The summed E-state index contributed by atoms with van der Waals surface area (Å²) in [5.41, 5.74) is -0.256. The zero-order valence-corrected chi connectivity index (χ0v) is 22.5. The Kier molecular flexibility index (Phi) is 12.2. The lowest BCUT2D eigenvalue weighted by Gasteiger charge is -2.28. The third-order valence-electron chi connectivity index (χ3n) is 7.86. The zero-order valence-electron chi connectivity index (χ0n) is 22.5. The molecule has 1 fully saturated rings. The molecule has 0 N–H and O–H groups in total. The third-order valence-corrected chi connectivity index (χ3v) is 7.86. The molecule has 2 aromatic rings. The van der Waals surface area contributed by atoms with Gasteiger partial charge in [-0.15, -0.1) is 0 Å². The Morgan fingerprint density at radius 1 is 0.842 bits per heavy atom. The Morgan fingerprint density at radius 2 is 1.42 bits per heavy atom. The summed E-state index contributed by atoms with van der Waals surface area (Å²) in [6, 6.07) is 7.25. The highest BCUT2D eigenvalue weighted by Crippen LogP contribution is 2.34. The Hall–Kier alpha value is -2.81. The van der Waals surface area contributed by atoms with Crippen LogP contribution in [-0.2, 0) is 6.42 Å². The number of ether oxygens (including phenoxy) is 1. The molecular weight excluding hydrogens is 487 g/mol. The minimum atomic E-state index is -1.15. The average molecular weight is 528 g/mol. The molecule has 0 aliphatic heterocycles. The molecule has 0 amide bonds. The summed E-state index contributed by atoms with van der Waals surface area (Å²) >= 11 is 0. The van der Waals surface area contributed by atoms with Crippen LogP contribution in [-0.4, -0.2) is 5.97 Å². The summed E-state index contributed by atoms with van der Waals surface area (Å²) in [5.74, 6) is -2.98. The number of hydrogen-bond donors (Lipinski definition) is 0. The molecule has 2 aromatic carbocycles. The van der Waals surface area contributed by atoms with Gasteiger partial charge in [0.1, 0.15) is 34.8 Å². The molecule has 3 rings (SSSR count). The molecule has 0 saturated heterocycles. The monoisotopic (exact) mass is 527 g/mol. The molecule has 3 nitrogen and oxygen atoms in total. The van der Waals surface area contributed by atoms with Gasteiger partial charge in [0.15, 0.2) is 0 Å². The lowest BCUT2D eigenvalue weighted by Crippen LogP contribution is -2.15. The Bertz CT molecular complexity index is 1060. The van der Waals surface area contributed by atoms with Gasteiger partial charge in [-0.05, 0) is 42.4 Å². The average Bonchev–Trinajstić information content (AvgIpc) is 2.89. The van der Waals surface area contributed by atoms with E-state index >= 15 is 0 Å². The Morgan fingerprint density at radius 3 is 2.00 bits per heavy atom. The Labute approximate surface area is 225 Å². The molecule has 206 valence electrons. The van der Waals surface area contributed by atoms with E-state index in [1.807, 2.05) is 0 Å². The highest BCUT2D eigenvalue weighted by molar-refractivity contribution is 5.91. The first kappa shape index (κ1) is 29.7. The predicted molar refractivity (Wildman–Crippen MR) is 143 cm³/mol. The summed E-state index contributed by atoms with van der Waals surface area (Å²) < 4.78 is 47.1. The van der Waals surface area contributed by atoms with Crippen molar-refractivity contribution in [1.29, 1.82) is 5.26 Å². The molecule has 6 heteroatoms. The smallest absolute Gasteiger partial charge is 0.346 e. The summed E-state index contributed by atoms with van der Waals surface area (Å²) in [4.78, 5) is 12.4. The van der Waals surface area contributed by atoms with Gasteiger partial charge in [0.25, 0.3) is 0 Å². The van der Waals surface area contributed by atoms with Crippen molar-refractivity contribution in [1.82, 2.24) is 0 Å². The van der Waals surface area contributed by atoms with Crippen LogP contribution in [0, 0.1) is 40.6 Å². The fourth-order valence-electron chi connectivity index (χ4n) is 5.50. The molecule has 0 aromatic heterocycles. The number of aryl methyl sites for hydroxylation is 1. The van der Waals surface area contributed by atoms with Crippen molar-refractivity contribution in [3.05, 3.63) is 64.5 Å². The normalized spacial score (nSPS) is 17.2. The summed E-state index contributed by atoms with van der Waals surface area (Å²) in [6.45, 7) is 2.25. The fourth-order valence-corrected chi connectivity index (χ4v) is 5.50. The van der Waals surface area contributed by atoms with Gasteiger partial charge in [-0.2, -0.15) is 5.26 Å². The minimum Gasteiger partial charge on any atom is -0.423 e. The molecule has 0 atom stereocenters. The van der Waals surface area contributed by atoms with Gasteiger partial charge < -0.3 is 4.74 Å². The van der Waals surface area contributed by atoms with Crippen LogP contribution in [0.15, 0.2) is 30.3 Å². The predicted octanol–water partition coefficient (Wildman–Crippen LogP) is 9.46. The van der Waals surface area contributed by atoms with E-state index in [-0.39, 0.29) is 5.56 Å². The topological polar surface area (TPSA) is 50.1 Å². The van der Waals surface area contributed by atoms with Gasteiger partial charge >= 0.3 is 5.97 Å². The van der Waals surface area contributed by atoms with Crippen LogP contribution < -0.4 is 4.74 Å². The van der Waals surface area contributed by atoms with Gasteiger partial charge in [-0.1, -0.05) is 96.5 Å². The molecular formula is C32H40F3NO2. The van der Waals surface area contributed by atoms with Crippen LogP contribution in [0.2, 0.25) is 0 Å². The van der Waals surface area contributed by atoms with E-state index < -0.39 is 34.7 Å². The van der Waals surface area contributed by atoms with E-state index in [9.17, 15) is 18.0 Å². The number of nitrogens with zero attached hydrogens (tertiary/aromatic N) is 1. The van der Waals surface area contributed by atoms with E-state index in [0.717, 1.165) is 36.5 Å². The van der Waals surface area contributed by atoms with Crippen LogP contribution in [0.1, 0.15) is 118 Å². The van der Waals surface area contributed by atoms with Crippen molar-refractivity contribution in [3.8, 4) is 11.8 Å². The van der Waals surface area contributed by atoms with Crippen LogP contribution in [0.5, 0.6) is 5.75 Å². The number of hydrogen-bond acceptors (Lipinski definition) is 3. The summed E-state index contributed by atoms with van der Waals surface area (Å²) in [7, 11) is 0. The van der Waals surface area contributed by atoms with Gasteiger partial charge in [0, 0.05) is 12.1 Å². The molecule has 38 heavy (non-hydrogen) atoms. The number of carbonyl (C=O) groups is 1. The maximum atomic E-state index is 14.7. The molecule has 0 heterocycles.